The second kappa shape index (κ2) is 8.29. The molecule has 1 aromatic carbocycles. The summed E-state index contributed by atoms with van der Waals surface area (Å²) in [4.78, 5) is 16.8. The molecular formula is C20H22N4O2. The zero-order valence-electron chi connectivity index (χ0n) is 14.9. The smallest absolute Gasteiger partial charge is 0.272 e. The SMILES string of the molecule is CCCc1cc(C(=O)N[C@@H](c2ccncc2)c2ccc(OC)cc2)n[nH]1. The highest BCUT2D eigenvalue weighted by Gasteiger charge is 2.19. The molecule has 0 fully saturated rings. The number of rotatable bonds is 7. The number of aromatic amines is 1. The Kier molecular flexibility index (Phi) is 5.63. The molecule has 1 atom stereocenters. The number of methoxy groups -OCH3 is 1. The van der Waals surface area contributed by atoms with Gasteiger partial charge in [-0.3, -0.25) is 14.9 Å². The number of nitrogens with one attached hydrogen (secondary N) is 2. The molecule has 0 saturated carbocycles. The number of hydrogen-bond acceptors (Lipinski definition) is 4. The van der Waals surface area contributed by atoms with Crippen LogP contribution in [0.1, 0.15) is 46.7 Å². The molecule has 0 radical (unpaired) electrons. The van der Waals surface area contributed by atoms with E-state index in [0.717, 1.165) is 35.4 Å². The lowest BCUT2D eigenvalue weighted by molar-refractivity contribution is 0.0938. The first kappa shape index (κ1) is 17.7. The molecular weight excluding hydrogens is 328 g/mol. The number of H-pyrrole nitrogens is 1. The lowest BCUT2D eigenvalue weighted by Gasteiger charge is -2.19. The van der Waals surface area contributed by atoms with E-state index >= 15 is 0 Å². The van der Waals surface area contributed by atoms with Crippen LogP contribution in [0.25, 0.3) is 0 Å². The van der Waals surface area contributed by atoms with Crippen molar-refractivity contribution in [3.8, 4) is 5.75 Å². The molecule has 0 aliphatic heterocycles. The van der Waals surface area contributed by atoms with E-state index in [0.29, 0.717) is 5.69 Å². The van der Waals surface area contributed by atoms with E-state index in [4.69, 9.17) is 4.74 Å². The van der Waals surface area contributed by atoms with Gasteiger partial charge in [0, 0.05) is 18.1 Å². The number of aromatic nitrogens is 3. The monoisotopic (exact) mass is 350 g/mol. The molecule has 6 heteroatoms. The Morgan fingerprint density at radius 1 is 1.15 bits per heavy atom. The number of pyridine rings is 1. The number of carbonyl (C=O) groups is 1. The van der Waals surface area contributed by atoms with Gasteiger partial charge in [0.05, 0.1) is 13.2 Å². The van der Waals surface area contributed by atoms with Gasteiger partial charge < -0.3 is 10.1 Å². The first-order chi connectivity index (χ1) is 12.7. The summed E-state index contributed by atoms with van der Waals surface area (Å²) in [6, 6.07) is 12.9. The van der Waals surface area contributed by atoms with Crippen LogP contribution in [-0.4, -0.2) is 28.2 Å². The fourth-order valence-electron chi connectivity index (χ4n) is 2.79. The molecule has 6 nitrogen and oxygen atoms in total. The number of hydrogen-bond donors (Lipinski definition) is 2. The summed E-state index contributed by atoms with van der Waals surface area (Å²) >= 11 is 0. The molecule has 0 aliphatic carbocycles. The maximum Gasteiger partial charge on any atom is 0.272 e. The third-order valence-corrected chi connectivity index (χ3v) is 4.15. The number of ether oxygens (including phenoxy) is 1. The van der Waals surface area contributed by atoms with Crippen LogP contribution in [-0.2, 0) is 6.42 Å². The average molecular weight is 350 g/mol. The quantitative estimate of drug-likeness (QED) is 0.685. The molecule has 0 aliphatic rings. The minimum absolute atomic E-state index is 0.221. The van der Waals surface area contributed by atoms with Gasteiger partial charge in [0.2, 0.25) is 0 Å². The van der Waals surface area contributed by atoms with Crippen LogP contribution >= 0.6 is 0 Å². The van der Waals surface area contributed by atoms with Crippen molar-refractivity contribution in [3.63, 3.8) is 0 Å². The summed E-state index contributed by atoms with van der Waals surface area (Å²) in [5.41, 5.74) is 3.25. The molecule has 3 aromatic rings. The molecule has 0 bridgehead atoms. The zero-order valence-corrected chi connectivity index (χ0v) is 14.9. The van der Waals surface area contributed by atoms with Gasteiger partial charge in [-0.1, -0.05) is 25.5 Å². The Bertz CT molecular complexity index is 844. The van der Waals surface area contributed by atoms with E-state index in [9.17, 15) is 4.79 Å². The molecule has 0 spiro atoms. The van der Waals surface area contributed by atoms with Crippen LogP contribution in [0.5, 0.6) is 5.75 Å². The fraction of sp³-hybridized carbons (Fsp3) is 0.250. The van der Waals surface area contributed by atoms with Crippen LogP contribution in [0, 0.1) is 0 Å². The summed E-state index contributed by atoms with van der Waals surface area (Å²) in [6.45, 7) is 2.09. The highest BCUT2D eigenvalue weighted by atomic mass is 16.5. The standard InChI is InChI=1S/C20H22N4O2/c1-3-4-16-13-18(24-23-16)20(25)22-19(15-9-11-21-12-10-15)14-5-7-17(26-2)8-6-14/h5-13,19H,3-4H2,1-2H3,(H,22,25)(H,23,24)/t19-/m1/s1. The Hall–Kier alpha value is -3.15. The summed E-state index contributed by atoms with van der Waals surface area (Å²) < 4.78 is 5.22. The van der Waals surface area contributed by atoms with Crippen molar-refractivity contribution in [2.75, 3.05) is 7.11 Å². The van der Waals surface area contributed by atoms with Gasteiger partial charge in [-0.05, 0) is 47.9 Å². The summed E-state index contributed by atoms with van der Waals surface area (Å²) in [5.74, 6) is 0.547. The minimum Gasteiger partial charge on any atom is -0.497 e. The topological polar surface area (TPSA) is 79.9 Å². The number of carbonyl (C=O) groups excluding carboxylic acids is 1. The van der Waals surface area contributed by atoms with Gasteiger partial charge in [-0.15, -0.1) is 0 Å². The number of amides is 1. The predicted molar refractivity (Wildman–Crippen MR) is 99.1 cm³/mol. The van der Waals surface area contributed by atoms with E-state index in [2.05, 4.69) is 27.4 Å². The van der Waals surface area contributed by atoms with E-state index < -0.39 is 0 Å². The summed E-state index contributed by atoms with van der Waals surface area (Å²) in [5, 5.41) is 10.1. The number of benzene rings is 1. The van der Waals surface area contributed by atoms with Crippen LogP contribution in [0.15, 0.2) is 54.9 Å². The van der Waals surface area contributed by atoms with E-state index in [1.165, 1.54) is 0 Å². The molecule has 2 heterocycles. The minimum atomic E-state index is -0.303. The predicted octanol–water partition coefficient (Wildman–Crippen LogP) is 3.29. The van der Waals surface area contributed by atoms with E-state index in [1.807, 2.05) is 36.4 Å². The largest absolute Gasteiger partial charge is 0.497 e. The third kappa shape index (κ3) is 4.08. The number of nitrogens with zero attached hydrogens (tertiary/aromatic N) is 2. The fourth-order valence-corrected chi connectivity index (χ4v) is 2.79. The molecule has 2 N–H and O–H groups in total. The van der Waals surface area contributed by atoms with Crippen molar-refractivity contribution in [3.05, 3.63) is 77.4 Å². The Morgan fingerprint density at radius 2 is 1.85 bits per heavy atom. The van der Waals surface area contributed by atoms with E-state index in [1.54, 1.807) is 25.6 Å². The van der Waals surface area contributed by atoms with Gasteiger partial charge in [0.25, 0.3) is 5.91 Å². The van der Waals surface area contributed by atoms with Gasteiger partial charge in [-0.25, -0.2) is 0 Å². The van der Waals surface area contributed by atoms with Crippen molar-refractivity contribution in [2.24, 2.45) is 0 Å². The Morgan fingerprint density at radius 3 is 2.50 bits per heavy atom. The highest BCUT2D eigenvalue weighted by molar-refractivity contribution is 5.92. The highest BCUT2D eigenvalue weighted by Crippen LogP contribution is 2.24. The van der Waals surface area contributed by atoms with Crippen molar-refractivity contribution >= 4 is 5.91 Å². The zero-order chi connectivity index (χ0) is 18.4. The van der Waals surface area contributed by atoms with Crippen LogP contribution < -0.4 is 10.1 Å². The summed E-state index contributed by atoms with van der Waals surface area (Å²) in [7, 11) is 1.63. The second-order valence-electron chi connectivity index (χ2n) is 5.99. The molecule has 1 amide bonds. The van der Waals surface area contributed by atoms with Crippen molar-refractivity contribution < 1.29 is 9.53 Å². The van der Waals surface area contributed by atoms with Crippen LogP contribution in [0.3, 0.4) is 0 Å². The molecule has 3 rings (SSSR count). The molecule has 2 aromatic heterocycles. The van der Waals surface area contributed by atoms with Crippen molar-refractivity contribution in [1.29, 1.82) is 0 Å². The Labute approximate surface area is 152 Å². The molecule has 26 heavy (non-hydrogen) atoms. The van der Waals surface area contributed by atoms with Crippen LogP contribution in [0.4, 0.5) is 0 Å². The first-order valence-electron chi connectivity index (χ1n) is 8.60. The lowest BCUT2D eigenvalue weighted by Crippen LogP contribution is -2.29. The first-order valence-corrected chi connectivity index (χ1v) is 8.60. The van der Waals surface area contributed by atoms with Gasteiger partial charge in [0.1, 0.15) is 11.4 Å². The van der Waals surface area contributed by atoms with Gasteiger partial charge in [0.15, 0.2) is 0 Å². The lowest BCUT2D eigenvalue weighted by atomic mass is 9.99. The maximum absolute atomic E-state index is 12.7. The Balaban J connectivity index is 1.86. The van der Waals surface area contributed by atoms with Crippen molar-refractivity contribution in [2.45, 2.75) is 25.8 Å². The molecule has 134 valence electrons. The average Bonchev–Trinajstić information content (AvgIpc) is 3.16. The number of aryl methyl sites for hydroxylation is 1. The summed E-state index contributed by atoms with van der Waals surface area (Å²) in [6.07, 6.45) is 5.29. The normalized spacial score (nSPS) is 11.8. The second-order valence-corrected chi connectivity index (χ2v) is 5.99. The van der Waals surface area contributed by atoms with Crippen LogP contribution in [0.2, 0.25) is 0 Å². The van der Waals surface area contributed by atoms with Gasteiger partial charge in [-0.2, -0.15) is 5.10 Å². The van der Waals surface area contributed by atoms with Crippen molar-refractivity contribution in [1.82, 2.24) is 20.5 Å². The molecule has 0 saturated heterocycles. The maximum atomic E-state index is 12.7. The molecule has 0 unspecified atom stereocenters. The van der Waals surface area contributed by atoms with E-state index in [-0.39, 0.29) is 11.9 Å². The van der Waals surface area contributed by atoms with Gasteiger partial charge >= 0.3 is 0 Å². The third-order valence-electron chi connectivity index (χ3n) is 4.15.